The van der Waals surface area contributed by atoms with E-state index in [0.717, 1.165) is 48.8 Å². The Balaban J connectivity index is 1.27. The monoisotopic (exact) mass is 436 g/mol. The van der Waals surface area contributed by atoms with Crippen LogP contribution >= 0.6 is 0 Å². The van der Waals surface area contributed by atoms with Gasteiger partial charge in [-0.2, -0.15) is 0 Å². The van der Waals surface area contributed by atoms with Crippen LogP contribution < -0.4 is 4.74 Å². The van der Waals surface area contributed by atoms with E-state index in [4.69, 9.17) is 4.74 Å². The highest BCUT2D eigenvalue weighted by molar-refractivity contribution is 5.79. The first kappa shape index (κ1) is 21.4. The van der Waals surface area contributed by atoms with Crippen molar-refractivity contribution in [2.75, 3.05) is 19.7 Å². The third-order valence-electron chi connectivity index (χ3n) is 7.28. The van der Waals surface area contributed by atoms with Crippen molar-refractivity contribution < 1.29 is 13.9 Å². The van der Waals surface area contributed by atoms with Crippen molar-refractivity contribution in [3.8, 4) is 5.75 Å². The molecule has 2 aliphatic heterocycles. The predicted octanol–water partition coefficient (Wildman–Crippen LogP) is 4.81. The van der Waals surface area contributed by atoms with Gasteiger partial charge in [0, 0.05) is 25.2 Å². The molecule has 3 aliphatic rings. The van der Waals surface area contributed by atoms with Gasteiger partial charge in [0.2, 0.25) is 5.91 Å². The number of hydrogen-bond donors (Lipinski definition) is 0. The van der Waals surface area contributed by atoms with Crippen LogP contribution in [0.1, 0.15) is 49.7 Å². The van der Waals surface area contributed by atoms with Gasteiger partial charge in [0.05, 0.1) is 13.0 Å². The number of hydrogen-bond acceptors (Lipinski definition) is 3. The molecule has 2 heterocycles. The number of piperidine rings is 1. The molecular formula is C27H33FN2O2. The van der Waals surface area contributed by atoms with Crippen LogP contribution in [-0.2, 0) is 17.8 Å². The van der Waals surface area contributed by atoms with Crippen molar-refractivity contribution in [2.45, 2.75) is 63.6 Å². The first-order chi connectivity index (χ1) is 15.6. The predicted molar refractivity (Wildman–Crippen MR) is 123 cm³/mol. The summed E-state index contributed by atoms with van der Waals surface area (Å²) in [4.78, 5) is 18.1. The van der Waals surface area contributed by atoms with Crippen molar-refractivity contribution in [1.82, 2.24) is 9.80 Å². The summed E-state index contributed by atoms with van der Waals surface area (Å²) in [6.45, 7) is 3.59. The lowest BCUT2D eigenvalue weighted by atomic mass is 9.95. The molecule has 1 unspecified atom stereocenters. The Labute approximate surface area is 190 Å². The highest BCUT2D eigenvalue weighted by atomic mass is 19.1. The second kappa shape index (κ2) is 9.62. The van der Waals surface area contributed by atoms with E-state index in [0.29, 0.717) is 19.0 Å². The van der Waals surface area contributed by atoms with Gasteiger partial charge in [0.25, 0.3) is 0 Å². The maximum absolute atomic E-state index is 13.5. The number of fused-ring (bicyclic) bond motifs is 1. The fourth-order valence-corrected chi connectivity index (χ4v) is 5.17. The van der Waals surface area contributed by atoms with Gasteiger partial charge in [-0.25, -0.2) is 4.39 Å². The smallest absolute Gasteiger partial charge is 0.227 e. The first-order valence-corrected chi connectivity index (χ1v) is 12.1. The summed E-state index contributed by atoms with van der Waals surface area (Å²) in [7, 11) is 0. The van der Waals surface area contributed by atoms with Crippen LogP contribution in [0.25, 0.3) is 0 Å². The van der Waals surface area contributed by atoms with E-state index in [1.165, 1.54) is 44.4 Å². The van der Waals surface area contributed by atoms with Crippen molar-refractivity contribution in [2.24, 2.45) is 5.92 Å². The Kier molecular flexibility index (Phi) is 6.44. The number of halogens is 1. The summed E-state index contributed by atoms with van der Waals surface area (Å²) < 4.78 is 19.2. The van der Waals surface area contributed by atoms with Gasteiger partial charge in [-0.15, -0.1) is 0 Å². The number of rotatable bonds is 8. The highest BCUT2D eigenvalue weighted by Gasteiger charge is 2.35. The molecule has 2 saturated heterocycles. The van der Waals surface area contributed by atoms with E-state index >= 15 is 0 Å². The van der Waals surface area contributed by atoms with Crippen LogP contribution in [0.4, 0.5) is 4.39 Å². The first-order valence-electron chi connectivity index (χ1n) is 12.1. The molecule has 170 valence electrons. The van der Waals surface area contributed by atoms with E-state index in [1.807, 2.05) is 24.3 Å². The summed E-state index contributed by atoms with van der Waals surface area (Å²) in [5.41, 5.74) is 1.99. The Bertz CT molecular complexity index is 910. The molecule has 0 spiro atoms. The van der Waals surface area contributed by atoms with Crippen LogP contribution in [0.15, 0.2) is 48.5 Å². The summed E-state index contributed by atoms with van der Waals surface area (Å²) in [6, 6.07) is 15.4. The minimum atomic E-state index is -0.241. The van der Waals surface area contributed by atoms with Crippen molar-refractivity contribution in [1.29, 1.82) is 0 Å². The number of benzene rings is 2. The molecule has 1 saturated carbocycles. The molecule has 2 aromatic rings. The number of nitrogens with zero attached hydrogens (tertiary/aromatic N) is 2. The molecule has 1 amide bonds. The van der Waals surface area contributed by atoms with Gasteiger partial charge >= 0.3 is 0 Å². The van der Waals surface area contributed by atoms with E-state index in [2.05, 4.69) is 9.80 Å². The quantitative estimate of drug-likeness (QED) is 0.595. The third-order valence-corrected chi connectivity index (χ3v) is 7.28. The molecular weight excluding hydrogens is 403 g/mol. The maximum atomic E-state index is 13.5. The SMILES string of the molecule is O=C(Cc1ccc(OCC2CC2)cc1)N(Cc1ccc(F)cc1)[C@H]1CCN2CCCC2C1. The number of carbonyl (C=O) groups excluding carboxylic acids is 1. The molecule has 0 radical (unpaired) electrons. The van der Waals surface area contributed by atoms with E-state index < -0.39 is 0 Å². The average molecular weight is 437 g/mol. The molecule has 0 N–H and O–H groups in total. The lowest BCUT2D eigenvalue weighted by molar-refractivity contribution is -0.134. The minimum absolute atomic E-state index is 0.150. The molecule has 0 bridgehead atoms. The molecule has 3 fully saturated rings. The van der Waals surface area contributed by atoms with Crippen LogP contribution in [0.2, 0.25) is 0 Å². The fourth-order valence-electron chi connectivity index (χ4n) is 5.17. The minimum Gasteiger partial charge on any atom is -0.493 e. The van der Waals surface area contributed by atoms with Gasteiger partial charge in [0.15, 0.2) is 0 Å². The summed E-state index contributed by atoms with van der Waals surface area (Å²) in [5, 5.41) is 0. The van der Waals surface area contributed by atoms with Gasteiger partial charge in [0.1, 0.15) is 11.6 Å². The Morgan fingerprint density at radius 3 is 2.47 bits per heavy atom. The van der Waals surface area contributed by atoms with E-state index in [-0.39, 0.29) is 17.8 Å². The number of carbonyl (C=O) groups is 1. The molecule has 5 heteroatoms. The Morgan fingerprint density at radius 1 is 0.969 bits per heavy atom. The van der Waals surface area contributed by atoms with Gasteiger partial charge in [-0.3, -0.25) is 4.79 Å². The molecule has 0 aromatic heterocycles. The van der Waals surface area contributed by atoms with Gasteiger partial charge < -0.3 is 14.5 Å². The number of ether oxygens (including phenoxy) is 1. The van der Waals surface area contributed by atoms with Crippen LogP contribution in [0.5, 0.6) is 5.75 Å². The molecule has 5 rings (SSSR count). The Hall–Kier alpha value is -2.40. The largest absolute Gasteiger partial charge is 0.493 e. The lowest BCUT2D eigenvalue weighted by Gasteiger charge is -2.41. The second-order valence-electron chi connectivity index (χ2n) is 9.73. The summed E-state index contributed by atoms with van der Waals surface area (Å²) in [5.74, 6) is 1.51. The van der Waals surface area contributed by atoms with Gasteiger partial charge in [-0.1, -0.05) is 24.3 Å². The van der Waals surface area contributed by atoms with Crippen molar-refractivity contribution in [3.63, 3.8) is 0 Å². The lowest BCUT2D eigenvalue weighted by Crippen LogP contribution is -2.49. The highest BCUT2D eigenvalue weighted by Crippen LogP contribution is 2.31. The van der Waals surface area contributed by atoms with Crippen LogP contribution in [0.3, 0.4) is 0 Å². The zero-order chi connectivity index (χ0) is 21.9. The zero-order valence-electron chi connectivity index (χ0n) is 18.7. The topological polar surface area (TPSA) is 32.8 Å². The van der Waals surface area contributed by atoms with Gasteiger partial charge in [-0.05, 0) is 86.4 Å². The van der Waals surface area contributed by atoms with E-state index in [9.17, 15) is 9.18 Å². The second-order valence-corrected chi connectivity index (χ2v) is 9.73. The normalized spacial score (nSPS) is 23.0. The summed E-state index contributed by atoms with van der Waals surface area (Å²) in [6.07, 6.45) is 7.48. The molecule has 2 atom stereocenters. The molecule has 4 nitrogen and oxygen atoms in total. The average Bonchev–Trinajstić information content (AvgIpc) is 3.52. The van der Waals surface area contributed by atoms with Crippen LogP contribution in [-0.4, -0.2) is 47.5 Å². The Morgan fingerprint density at radius 2 is 1.72 bits per heavy atom. The molecule has 1 aliphatic carbocycles. The standard InChI is InChI=1S/C27H33FN2O2/c28-23-9-5-21(6-10-23)18-30(25-13-15-29-14-1-2-24(29)17-25)27(31)16-20-7-11-26(12-8-20)32-19-22-3-4-22/h5-12,22,24-25H,1-4,13-19H2/t24?,25-/m0/s1. The van der Waals surface area contributed by atoms with Crippen LogP contribution in [0, 0.1) is 11.7 Å². The third kappa shape index (κ3) is 5.32. The van der Waals surface area contributed by atoms with Crippen molar-refractivity contribution in [3.05, 3.63) is 65.5 Å². The molecule has 32 heavy (non-hydrogen) atoms. The summed E-state index contributed by atoms with van der Waals surface area (Å²) >= 11 is 0. The fraction of sp³-hybridized carbons (Fsp3) is 0.519. The number of amides is 1. The van der Waals surface area contributed by atoms with Crippen molar-refractivity contribution >= 4 is 5.91 Å². The molecule has 2 aromatic carbocycles. The maximum Gasteiger partial charge on any atom is 0.227 e. The zero-order valence-corrected chi connectivity index (χ0v) is 18.7. The van der Waals surface area contributed by atoms with E-state index in [1.54, 1.807) is 12.1 Å².